The van der Waals surface area contributed by atoms with Gasteiger partial charge in [-0.1, -0.05) is 13.0 Å². The Kier molecular flexibility index (Phi) is 3.81. The number of hydrogen-bond acceptors (Lipinski definition) is 3. The lowest BCUT2D eigenvalue weighted by Crippen LogP contribution is -2.40. The van der Waals surface area contributed by atoms with E-state index >= 15 is 0 Å². The molecule has 1 aliphatic rings. The fourth-order valence-corrected chi connectivity index (χ4v) is 2.56. The molecule has 1 aromatic carbocycles. The van der Waals surface area contributed by atoms with E-state index in [0.29, 0.717) is 6.54 Å². The number of nitrogen functional groups attached to an aromatic ring is 1. The van der Waals surface area contributed by atoms with Gasteiger partial charge in [0.2, 0.25) is 0 Å². The number of nitrogens with one attached hydrogen (secondary N) is 1. The van der Waals surface area contributed by atoms with E-state index in [2.05, 4.69) is 12.2 Å². The third-order valence-electron chi connectivity index (χ3n) is 4.02. The van der Waals surface area contributed by atoms with Crippen molar-refractivity contribution in [3.05, 3.63) is 23.8 Å². The predicted octanol–water partition coefficient (Wildman–Crippen LogP) is 2.93. The minimum atomic E-state index is -0.567. The van der Waals surface area contributed by atoms with Gasteiger partial charge in [-0.3, -0.25) is 0 Å². The van der Waals surface area contributed by atoms with Crippen LogP contribution in [0.5, 0.6) is 0 Å². The van der Waals surface area contributed by atoms with E-state index in [1.54, 1.807) is 0 Å². The average molecular weight is 248 g/mol. The Morgan fingerprint density at radius 1 is 1.39 bits per heavy atom. The van der Waals surface area contributed by atoms with Gasteiger partial charge in [0.25, 0.3) is 0 Å². The van der Waals surface area contributed by atoms with Crippen molar-refractivity contribution < 1.29 is 5.11 Å². The van der Waals surface area contributed by atoms with E-state index in [1.807, 2.05) is 25.1 Å². The maximum absolute atomic E-state index is 10.5. The van der Waals surface area contributed by atoms with Crippen LogP contribution in [-0.2, 0) is 0 Å². The van der Waals surface area contributed by atoms with Crippen molar-refractivity contribution in [2.45, 2.75) is 45.1 Å². The zero-order valence-corrected chi connectivity index (χ0v) is 11.4. The van der Waals surface area contributed by atoms with E-state index in [4.69, 9.17) is 5.73 Å². The summed E-state index contributed by atoms with van der Waals surface area (Å²) in [5.74, 6) is 0.745. The molecule has 0 bridgehead atoms. The maximum atomic E-state index is 10.5. The summed E-state index contributed by atoms with van der Waals surface area (Å²) in [6.07, 6.45) is 3.99. The molecular formula is C15H24N2O. The Hall–Kier alpha value is -1.22. The van der Waals surface area contributed by atoms with Crippen LogP contribution in [0.1, 0.15) is 38.2 Å². The molecule has 0 saturated heterocycles. The van der Waals surface area contributed by atoms with Gasteiger partial charge in [-0.2, -0.15) is 0 Å². The van der Waals surface area contributed by atoms with Crippen molar-refractivity contribution in [3.8, 4) is 0 Å². The van der Waals surface area contributed by atoms with Gasteiger partial charge in [0.1, 0.15) is 0 Å². The molecule has 0 aliphatic heterocycles. The Labute approximate surface area is 109 Å². The Morgan fingerprint density at radius 3 is 2.72 bits per heavy atom. The van der Waals surface area contributed by atoms with Crippen LogP contribution in [0.3, 0.4) is 0 Å². The van der Waals surface area contributed by atoms with Gasteiger partial charge in [0, 0.05) is 6.54 Å². The molecule has 0 spiro atoms. The van der Waals surface area contributed by atoms with Gasteiger partial charge in [0.05, 0.1) is 17.0 Å². The van der Waals surface area contributed by atoms with E-state index < -0.39 is 5.60 Å². The van der Waals surface area contributed by atoms with E-state index in [-0.39, 0.29) is 0 Å². The highest BCUT2D eigenvalue weighted by atomic mass is 16.3. The number of aliphatic hydroxyl groups is 1. The summed E-state index contributed by atoms with van der Waals surface area (Å²) in [6.45, 7) is 4.89. The molecule has 1 fully saturated rings. The lowest BCUT2D eigenvalue weighted by molar-refractivity contribution is 0.00502. The molecule has 4 N–H and O–H groups in total. The quantitative estimate of drug-likeness (QED) is 0.721. The molecule has 1 aliphatic carbocycles. The third kappa shape index (κ3) is 3.16. The van der Waals surface area contributed by atoms with Crippen LogP contribution in [0.4, 0.5) is 11.4 Å². The van der Waals surface area contributed by atoms with Gasteiger partial charge in [-0.05, 0) is 56.2 Å². The number of anilines is 2. The molecule has 0 atom stereocenters. The normalized spacial score (nSPS) is 28.1. The van der Waals surface area contributed by atoms with Crippen LogP contribution < -0.4 is 11.1 Å². The van der Waals surface area contributed by atoms with Crippen LogP contribution in [0, 0.1) is 12.8 Å². The predicted molar refractivity (Wildman–Crippen MR) is 76.7 cm³/mol. The zero-order chi connectivity index (χ0) is 13.2. The van der Waals surface area contributed by atoms with Crippen molar-refractivity contribution in [3.63, 3.8) is 0 Å². The first-order valence-corrected chi connectivity index (χ1v) is 6.81. The summed E-state index contributed by atoms with van der Waals surface area (Å²) in [5.41, 5.74) is 8.21. The van der Waals surface area contributed by atoms with Crippen LogP contribution >= 0.6 is 0 Å². The fraction of sp³-hybridized carbons (Fsp3) is 0.600. The molecule has 1 aromatic rings. The second-order valence-electron chi connectivity index (χ2n) is 5.85. The van der Waals surface area contributed by atoms with Crippen LogP contribution in [0.25, 0.3) is 0 Å². The summed E-state index contributed by atoms with van der Waals surface area (Å²) in [5, 5.41) is 13.8. The number of nitrogens with two attached hydrogens (primary N) is 1. The highest BCUT2D eigenvalue weighted by Gasteiger charge is 2.31. The highest BCUT2D eigenvalue weighted by Crippen LogP contribution is 2.32. The second kappa shape index (κ2) is 5.19. The first-order chi connectivity index (χ1) is 8.48. The summed E-state index contributed by atoms with van der Waals surface area (Å²) in [6, 6.07) is 5.94. The fourth-order valence-electron chi connectivity index (χ4n) is 2.56. The van der Waals surface area contributed by atoms with E-state index in [0.717, 1.165) is 43.0 Å². The average Bonchev–Trinajstić information content (AvgIpc) is 2.35. The third-order valence-corrected chi connectivity index (χ3v) is 4.02. The standard InChI is InChI=1S/C15H24N2O/c1-11-5-7-15(18,8-6-11)10-17-14-9-12(2)3-4-13(14)16/h3-4,9,11,17-18H,5-8,10,16H2,1-2H3. The van der Waals surface area contributed by atoms with Gasteiger partial charge in [-0.25, -0.2) is 0 Å². The maximum Gasteiger partial charge on any atom is 0.0819 e. The summed E-state index contributed by atoms with van der Waals surface area (Å²) < 4.78 is 0. The molecule has 0 amide bonds. The van der Waals surface area contributed by atoms with Gasteiger partial charge in [0.15, 0.2) is 0 Å². The smallest absolute Gasteiger partial charge is 0.0819 e. The molecule has 0 heterocycles. The Balaban J connectivity index is 1.96. The molecule has 2 rings (SSSR count). The minimum absolute atomic E-state index is 0.567. The van der Waals surface area contributed by atoms with Gasteiger partial charge in [-0.15, -0.1) is 0 Å². The Morgan fingerprint density at radius 2 is 2.06 bits per heavy atom. The van der Waals surface area contributed by atoms with Crippen molar-refractivity contribution >= 4 is 11.4 Å². The summed E-state index contributed by atoms with van der Waals surface area (Å²) in [7, 11) is 0. The van der Waals surface area contributed by atoms with E-state index in [9.17, 15) is 5.11 Å². The molecule has 3 nitrogen and oxygen atoms in total. The minimum Gasteiger partial charge on any atom is -0.397 e. The number of hydrogen-bond donors (Lipinski definition) is 3. The van der Waals surface area contributed by atoms with Crippen molar-refractivity contribution in [1.82, 2.24) is 0 Å². The molecule has 0 aromatic heterocycles. The van der Waals surface area contributed by atoms with Gasteiger partial charge >= 0.3 is 0 Å². The highest BCUT2D eigenvalue weighted by molar-refractivity contribution is 5.67. The monoisotopic (exact) mass is 248 g/mol. The summed E-state index contributed by atoms with van der Waals surface area (Å²) in [4.78, 5) is 0. The number of aryl methyl sites for hydroxylation is 1. The van der Waals surface area contributed by atoms with Crippen LogP contribution in [0.15, 0.2) is 18.2 Å². The van der Waals surface area contributed by atoms with Crippen LogP contribution in [-0.4, -0.2) is 17.3 Å². The first kappa shape index (κ1) is 13.2. The lowest BCUT2D eigenvalue weighted by atomic mass is 9.79. The first-order valence-electron chi connectivity index (χ1n) is 6.81. The molecule has 0 radical (unpaired) electrons. The topological polar surface area (TPSA) is 58.3 Å². The van der Waals surface area contributed by atoms with Crippen molar-refractivity contribution in [2.24, 2.45) is 5.92 Å². The molecule has 100 valence electrons. The van der Waals surface area contributed by atoms with Crippen LogP contribution in [0.2, 0.25) is 0 Å². The SMILES string of the molecule is Cc1ccc(N)c(NCC2(O)CCC(C)CC2)c1. The van der Waals surface area contributed by atoms with Crippen molar-refractivity contribution in [1.29, 1.82) is 0 Å². The second-order valence-corrected chi connectivity index (χ2v) is 5.85. The zero-order valence-electron chi connectivity index (χ0n) is 11.4. The van der Waals surface area contributed by atoms with Crippen molar-refractivity contribution in [2.75, 3.05) is 17.6 Å². The number of rotatable bonds is 3. The molecule has 1 saturated carbocycles. The van der Waals surface area contributed by atoms with E-state index in [1.165, 1.54) is 5.56 Å². The molecular weight excluding hydrogens is 224 g/mol. The molecule has 3 heteroatoms. The lowest BCUT2D eigenvalue weighted by Gasteiger charge is -2.35. The number of benzene rings is 1. The summed E-state index contributed by atoms with van der Waals surface area (Å²) >= 11 is 0. The molecule has 0 unspecified atom stereocenters. The Bertz CT molecular complexity index is 409. The molecule has 18 heavy (non-hydrogen) atoms. The van der Waals surface area contributed by atoms with Gasteiger partial charge < -0.3 is 16.2 Å². The largest absolute Gasteiger partial charge is 0.397 e.